The number of benzene rings is 2. The number of aliphatic hydroxyl groups excluding tert-OH is 1. The molecule has 1 heterocycles. The second kappa shape index (κ2) is 5.45. The van der Waals surface area contributed by atoms with Crippen LogP contribution in [0, 0.1) is 0 Å². The lowest BCUT2D eigenvalue weighted by Gasteiger charge is -2.12. The van der Waals surface area contributed by atoms with E-state index in [0.717, 1.165) is 11.3 Å². The Kier molecular flexibility index (Phi) is 3.50. The van der Waals surface area contributed by atoms with Gasteiger partial charge in [-0.15, -0.1) is 10.2 Å². The number of nitrogens with zero attached hydrogens (tertiary/aromatic N) is 3. The van der Waals surface area contributed by atoms with E-state index < -0.39 is 6.10 Å². The molecule has 3 rings (SSSR count). The first kappa shape index (κ1) is 12.8. The Balaban J connectivity index is 2.00. The number of aromatic nitrogens is 3. The molecule has 2 aromatic carbocycles. The average molecular weight is 286 g/mol. The first-order chi connectivity index (χ1) is 9.75. The molecule has 1 aromatic heterocycles. The van der Waals surface area contributed by atoms with E-state index in [9.17, 15) is 5.11 Å². The normalized spacial score (nSPS) is 12.3. The maximum Gasteiger partial charge on any atom is 0.170 e. The van der Waals surface area contributed by atoms with E-state index in [4.69, 9.17) is 11.6 Å². The molecule has 0 saturated carbocycles. The van der Waals surface area contributed by atoms with Crippen molar-refractivity contribution in [3.05, 3.63) is 77.3 Å². The molecule has 20 heavy (non-hydrogen) atoms. The van der Waals surface area contributed by atoms with E-state index in [2.05, 4.69) is 10.2 Å². The molecular weight excluding hydrogens is 274 g/mol. The van der Waals surface area contributed by atoms with Crippen LogP contribution in [0.25, 0.3) is 5.69 Å². The Morgan fingerprint density at radius 3 is 2.40 bits per heavy atom. The molecule has 0 aliphatic heterocycles. The van der Waals surface area contributed by atoms with E-state index in [1.54, 1.807) is 23.0 Å². The fourth-order valence-electron chi connectivity index (χ4n) is 2.02. The zero-order valence-corrected chi connectivity index (χ0v) is 11.3. The van der Waals surface area contributed by atoms with Crippen molar-refractivity contribution < 1.29 is 5.11 Å². The molecule has 0 saturated heterocycles. The van der Waals surface area contributed by atoms with Crippen LogP contribution in [0.3, 0.4) is 0 Å². The van der Waals surface area contributed by atoms with E-state index >= 15 is 0 Å². The van der Waals surface area contributed by atoms with Crippen molar-refractivity contribution in [3.8, 4) is 5.69 Å². The third-order valence-electron chi connectivity index (χ3n) is 3.04. The first-order valence-corrected chi connectivity index (χ1v) is 6.52. The highest BCUT2D eigenvalue weighted by molar-refractivity contribution is 6.30. The van der Waals surface area contributed by atoms with Crippen molar-refractivity contribution in [2.45, 2.75) is 6.10 Å². The Morgan fingerprint density at radius 2 is 1.70 bits per heavy atom. The highest BCUT2D eigenvalue weighted by atomic mass is 35.5. The first-order valence-electron chi connectivity index (χ1n) is 6.14. The van der Waals surface area contributed by atoms with Gasteiger partial charge in [0.05, 0.1) is 0 Å². The number of hydrogen-bond donors (Lipinski definition) is 1. The van der Waals surface area contributed by atoms with Crippen LogP contribution >= 0.6 is 11.6 Å². The highest BCUT2D eigenvalue weighted by Gasteiger charge is 2.17. The monoisotopic (exact) mass is 285 g/mol. The molecule has 100 valence electrons. The zero-order chi connectivity index (χ0) is 13.9. The van der Waals surface area contributed by atoms with Gasteiger partial charge in [-0.3, -0.25) is 4.57 Å². The van der Waals surface area contributed by atoms with Gasteiger partial charge >= 0.3 is 0 Å². The predicted octanol–water partition coefficient (Wildman–Crippen LogP) is 3.00. The molecule has 0 fully saturated rings. The lowest BCUT2D eigenvalue weighted by atomic mass is 10.1. The zero-order valence-electron chi connectivity index (χ0n) is 10.5. The Labute approximate surface area is 121 Å². The third-order valence-corrected chi connectivity index (χ3v) is 3.29. The average Bonchev–Trinajstić information content (AvgIpc) is 2.97. The van der Waals surface area contributed by atoms with Crippen LogP contribution in [0.15, 0.2) is 60.9 Å². The molecule has 0 spiro atoms. The number of rotatable bonds is 3. The van der Waals surface area contributed by atoms with Crippen molar-refractivity contribution in [1.29, 1.82) is 0 Å². The van der Waals surface area contributed by atoms with Gasteiger partial charge in [-0.25, -0.2) is 0 Å². The van der Waals surface area contributed by atoms with Crippen molar-refractivity contribution in [1.82, 2.24) is 14.8 Å². The van der Waals surface area contributed by atoms with Crippen LogP contribution < -0.4 is 0 Å². The molecule has 3 aromatic rings. The van der Waals surface area contributed by atoms with E-state index in [1.165, 1.54) is 0 Å². The number of aliphatic hydroxyl groups is 1. The summed E-state index contributed by atoms with van der Waals surface area (Å²) in [5, 5.41) is 19.0. The van der Waals surface area contributed by atoms with Gasteiger partial charge in [-0.2, -0.15) is 0 Å². The summed E-state index contributed by atoms with van der Waals surface area (Å²) in [6.45, 7) is 0. The molecule has 0 bridgehead atoms. The van der Waals surface area contributed by atoms with Gasteiger partial charge in [0.1, 0.15) is 12.4 Å². The summed E-state index contributed by atoms with van der Waals surface area (Å²) in [6, 6.07) is 16.6. The summed E-state index contributed by atoms with van der Waals surface area (Å²) in [6.07, 6.45) is 0.749. The summed E-state index contributed by atoms with van der Waals surface area (Å²) >= 11 is 5.88. The second-order valence-corrected chi connectivity index (χ2v) is 4.79. The molecule has 0 unspecified atom stereocenters. The van der Waals surface area contributed by atoms with Crippen molar-refractivity contribution in [2.24, 2.45) is 0 Å². The van der Waals surface area contributed by atoms with Gasteiger partial charge in [0.2, 0.25) is 0 Å². The van der Waals surface area contributed by atoms with Gasteiger partial charge in [0, 0.05) is 10.7 Å². The van der Waals surface area contributed by atoms with E-state index in [0.29, 0.717) is 10.8 Å². The van der Waals surface area contributed by atoms with Crippen LogP contribution in [0.1, 0.15) is 17.5 Å². The van der Waals surface area contributed by atoms with Crippen LogP contribution in [-0.4, -0.2) is 19.9 Å². The predicted molar refractivity (Wildman–Crippen MR) is 76.9 cm³/mol. The lowest BCUT2D eigenvalue weighted by molar-refractivity contribution is 0.207. The van der Waals surface area contributed by atoms with Gasteiger partial charge < -0.3 is 5.11 Å². The molecule has 4 nitrogen and oxygen atoms in total. The molecule has 1 N–H and O–H groups in total. The number of hydrogen-bond acceptors (Lipinski definition) is 3. The Morgan fingerprint density at radius 1 is 1.00 bits per heavy atom. The van der Waals surface area contributed by atoms with Crippen molar-refractivity contribution in [2.75, 3.05) is 0 Å². The minimum atomic E-state index is -0.825. The van der Waals surface area contributed by atoms with Crippen LogP contribution in [-0.2, 0) is 0 Å². The maximum absolute atomic E-state index is 10.4. The van der Waals surface area contributed by atoms with Crippen LogP contribution in [0.5, 0.6) is 0 Å². The van der Waals surface area contributed by atoms with Crippen molar-refractivity contribution >= 4 is 11.6 Å². The fourth-order valence-corrected chi connectivity index (χ4v) is 2.14. The minimum absolute atomic E-state index is 0.471. The largest absolute Gasteiger partial charge is 0.380 e. The molecule has 0 amide bonds. The summed E-state index contributed by atoms with van der Waals surface area (Å²) in [4.78, 5) is 0. The Hall–Kier alpha value is -2.17. The van der Waals surface area contributed by atoms with Crippen LogP contribution in [0.4, 0.5) is 0 Å². The SMILES string of the molecule is O[C@H](c1ccccc1)c1nncn1-c1ccc(Cl)cc1. The van der Waals surface area contributed by atoms with Gasteiger partial charge in [-0.05, 0) is 29.8 Å². The van der Waals surface area contributed by atoms with Gasteiger partial charge in [0.25, 0.3) is 0 Å². The highest BCUT2D eigenvalue weighted by Crippen LogP contribution is 2.22. The number of halogens is 1. The van der Waals surface area contributed by atoms with Gasteiger partial charge in [0.15, 0.2) is 5.82 Å². The lowest BCUT2D eigenvalue weighted by Crippen LogP contribution is -2.08. The standard InChI is InChI=1S/C15H12ClN3O/c16-12-6-8-13(9-7-12)19-10-17-18-15(19)14(20)11-4-2-1-3-5-11/h1-10,14,20H/t14-/m1/s1. The smallest absolute Gasteiger partial charge is 0.170 e. The molecule has 0 radical (unpaired) electrons. The summed E-state index contributed by atoms with van der Waals surface area (Å²) in [5.74, 6) is 0.471. The van der Waals surface area contributed by atoms with Crippen molar-refractivity contribution in [3.63, 3.8) is 0 Å². The van der Waals surface area contributed by atoms with Gasteiger partial charge in [-0.1, -0.05) is 41.9 Å². The van der Waals surface area contributed by atoms with E-state index in [1.807, 2.05) is 42.5 Å². The molecule has 0 aliphatic carbocycles. The summed E-state index contributed by atoms with van der Waals surface area (Å²) in [7, 11) is 0. The van der Waals surface area contributed by atoms with Crippen LogP contribution in [0.2, 0.25) is 5.02 Å². The quantitative estimate of drug-likeness (QED) is 0.805. The summed E-state index contributed by atoms with van der Waals surface area (Å²) < 4.78 is 1.74. The fraction of sp³-hybridized carbons (Fsp3) is 0.0667. The molecule has 0 aliphatic rings. The topological polar surface area (TPSA) is 50.9 Å². The Bertz CT molecular complexity index is 695. The second-order valence-electron chi connectivity index (χ2n) is 4.35. The molecular formula is C15H12ClN3O. The third kappa shape index (κ3) is 2.43. The van der Waals surface area contributed by atoms with E-state index in [-0.39, 0.29) is 0 Å². The minimum Gasteiger partial charge on any atom is -0.380 e. The maximum atomic E-state index is 10.4. The molecule has 1 atom stereocenters. The molecule has 5 heteroatoms. The summed E-state index contributed by atoms with van der Waals surface area (Å²) in [5.41, 5.74) is 1.63.